The molecule has 96 valence electrons. The first-order chi connectivity index (χ1) is 8.30. The predicted molar refractivity (Wildman–Crippen MR) is 60.3 cm³/mol. The summed E-state index contributed by atoms with van der Waals surface area (Å²) in [6.07, 6.45) is -3.11. The molecule has 0 aliphatic carbocycles. The zero-order chi connectivity index (χ0) is 13.5. The molecule has 2 aromatic rings. The van der Waals surface area contributed by atoms with Crippen molar-refractivity contribution in [1.82, 2.24) is 0 Å². The van der Waals surface area contributed by atoms with Crippen molar-refractivity contribution >= 4 is 16.8 Å². The molecular weight excluding hydrogens is 245 g/mol. The summed E-state index contributed by atoms with van der Waals surface area (Å²) in [4.78, 5) is 11.3. The molecule has 1 atom stereocenters. The third-order valence-electron chi connectivity index (χ3n) is 2.98. The minimum Gasteiger partial charge on any atom is -0.464 e. The Kier molecular flexibility index (Phi) is 2.92. The molecule has 1 unspecified atom stereocenters. The Morgan fingerprint density at radius 3 is 2.56 bits per heavy atom. The van der Waals surface area contributed by atoms with E-state index in [0.717, 1.165) is 12.1 Å². The Labute approximate surface area is 101 Å². The summed E-state index contributed by atoms with van der Waals surface area (Å²) < 4.78 is 43.4. The molecule has 1 aromatic carbocycles. The van der Waals surface area contributed by atoms with E-state index >= 15 is 0 Å². The lowest BCUT2D eigenvalue weighted by molar-refractivity contribution is -0.137. The van der Waals surface area contributed by atoms with Crippen molar-refractivity contribution in [2.24, 2.45) is 0 Å². The first-order valence-electron chi connectivity index (χ1n) is 5.39. The molecule has 0 saturated carbocycles. The van der Waals surface area contributed by atoms with Crippen LogP contribution in [0.4, 0.5) is 13.2 Å². The first kappa shape index (κ1) is 12.7. The van der Waals surface area contributed by atoms with Gasteiger partial charge in [0.25, 0.3) is 0 Å². The molecule has 0 aliphatic rings. The van der Waals surface area contributed by atoms with Gasteiger partial charge in [-0.2, -0.15) is 13.2 Å². The highest BCUT2D eigenvalue weighted by atomic mass is 19.4. The molecule has 2 rings (SSSR count). The summed E-state index contributed by atoms with van der Waals surface area (Å²) in [5.41, 5.74) is -0.150. The topological polar surface area (TPSA) is 30.2 Å². The monoisotopic (exact) mass is 256 g/mol. The van der Waals surface area contributed by atoms with Crippen molar-refractivity contribution in [3.05, 3.63) is 35.6 Å². The molecule has 0 spiro atoms. The maximum absolute atomic E-state index is 12.8. The zero-order valence-electron chi connectivity index (χ0n) is 9.84. The standard InChI is InChI=1S/C13H11F3O2/c1-7(8(2)17)11-6-10(13(14,15)16)5-9-3-4-18-12(9)11/h3-7H,1-2H3. The number of ketones is 1. The highest BCUT2D eigenvalue weighted by Crippen LogP contribution is 2.36. The van der Waals surface area contributed by atoms with Gasteiger partial charge in [-0.05, 0) is 25.1 Å². The number of halogens is 3. The lowest BCUT2D eigenvalue weighted by Gasteiger charge is -2.13. The summed E-state index contributed by atoms with van der Waals surface area (Å²) >= 11 is 0. The smallest absolute Gasteiger partial charge is 0.416 e. The van der Waals surface area contributed by atoms with Crippen molar-refractivity contribution in [1.29, 1.82) is 0 Å². The quantitative estimate of drug-likeness (QED) is 0.808. The van der Waals surface area contributed by atoms with E-state index < -0.39 is 17.7 Å². The number of furan rings is 1. The molecule has 5 heteroatoms. The van der Waals surface area contributed by atoms with E-state index in [1.165, 1.54) is 19.3 Å². The normalized spacial score (nSPS) is 13.8. The van der Waals surface area contributed by atoms with Gasteiger partial charge < -0.3 is 4.42 Å². The summed E-state index contributed by atoms with van der Waals surface area (Å²) in [5, 5.41) is 0.355. The lowest BCUT2D eigenvalue weighted by Crippen LogP contribution is -2.09. The Bertz CT molecular complexity index is 596. The molecule has 18 heavy (non-hydrogen) atoms. The Morgan fingerprint density at radius 1 is 1.33 bits per heavy atom. The van der Waals surface area contributed by atoms with Crippen molar-refractivity contribution in [2.45, 2.75) is 25.9 Å². The Morgan fingerprint density at radius 2 is 2.00 bits per heavy atom. The molecule has 0 fully saturated rings. The molecule has 0 aliphatic heterocycles. The van der Waals surface area contributed by atoms with Crippen LogP contribution in [0, 0.1) is 0 Å². The van der Waals surface area contributed by atoms with Gasteiger partial charge in [-0.25, -0.2) is 0 Å². The van der Waals surface area contributed by atoms with Crippen LogP contribution in [0.15, 0.2) is 28.9 Å². The molecule has 0 bridgehead atoms. The second-order valence-electron chi connectivity index (χ2n) is 4.23. The molecule has 0 amide bonds. The van der Waals surface area contributed by atoms with Gasteiger partial charge in [0.2, 0.25) is 0 Å². The molecule has 2 nitrogen and oxygen atoms in total. The SMILES string of the molecule is CC(=O)C(C)c1cc(C(F)(F)F)cc2ccoc12. The van der Waals surface area contributed by atoms with E-state index in [9.17, 15) is 18.0 Å². The average molecular weight is 256 g/mol. The van der Waals surface area contributed by atoms with Crippen LogP contribution in [-0.2, 0) is 11.0 Å². The van der Waals surface area contributed by atoms with Gasteiger partial charge in [0.1, 0.15) is 11.4 Å². The van der Waals surface area contributed by atoms with Gasteiger partial charge in [-0.1, -0.05) is 6.92 Å². The van der Waals surface area contributed by atoms with Crippen molar-refractivity contribution in [3.8, 4) is 0 Å². The largest absolute Gasteiger partial charge is 0.464 e. The van der Waals surface area contributed by atoms with E-state index in [2.05, 4.69) is 0 Å². The van der Waals surface area contributed by atoms with Gasteiger partial charge in [-0.3, -0.25) is 4.79 Å². The molecule has 0 N–H and O–H groups in total. The van der Waals surface area contributed by atoms with Crippen LogP contribution in [0.5, 0.6) is 0 Å². The maximum Gasteiger partial charge on any atom is 0.416 e. The van der Waals surface area contributed by atoms with Gasteiger partial charge in [0, 0.05) is 16.9 Å². The summed E-state index contributed by atoms with van der Waals surface area (Å²) in [6, 6.07) is 3.47. The maximum atomic E-state index is 12.8. The minimum absolute atomic E-state index is 0.202. The van der Waals surface area contributed by atoms with Crippen LogP contribution in [-0.4, -0.2) is 5.78 Å². The number of carbonyl (C=O) groups excluding carboxylic acids is 1. The van der Waals surface area contributed by atoms with Crippen LogP contribution >= 0.6 is 0 Å². The fourth-order valence-electron chi connectivity index (χ4n) is 1.81. The fourth-order valence-corrected chi connectivity index (χ4v) is 1.81. The van der Waals surface area contributed by atoms with Gasteiger partial charge >= 0.3 is 6.18 Å². The Hall–Kier alpha value is -1.78. The molecule has 1 aromatic heterocycles. The number of fused-ring (bicyclic) bond motifs is 1. The van der Waals surface area contributed by atoms with E-state index in [1.807, 2.05) is 0 Å². The summed E-state index contributed by atoms with van der Waals surface area (Å²) in [5.74, 6) is -0.826. The fraction of sp³-hybridized carbons (Fsp3) is 0.308. The number of alkyl halides is 3. The third kappa shape index (κ3) is 2.12. The summed E-state index contributed by atoms with van der Waals surface area (Å²) in [7, 11) is 0. The van der Waals surface area contributed by atoms with E-state index in [4.69, 9.17) is 4.42 Å². The van der Waals surface area contributed by atoms with Crippen LogP contribution in [0.2, 0.25) is 0 Å². The van der Waals surface area contributed by atoms with Crippen LogP contribution in [0.3, 0.4) is 0 Å². The lowest BCUT2D eigenvalue weighted by atomic mass is 9.94. The van der Waals surface area contributed by atoms with Gasteiger partial charge in [0.05, 0.1) is 11.8 Å². The van der Waals surface area contributed by atoms with E-state index in [-0.39, 0.29) is 11.3 Å². The number of rotatable bonds is 2. The molecular formula is C13H11F3O2. The number of hydrogen-bond acceptors (Lipinski definition) is 2. The number of hydrogen-bond donors (Lipinski definition) is 0. The Balaban J connectivity index is 2.70. The molecule has 1 heterocycles. The number of benzene rings is 1. The summed E-state index contributed by atoms with van der Waals surface area (Å²) in [6.45, 7) is 2.92. The van der Waals surface area contributed by atoms with Crippen LogP contribution in [0.25, 0.3) is 11.0 Å². The number of Topliss-reactive ketones (excluding diaryl/α,β-unsaturated/α-hetero) is 1. The van der Waals surface area contributed by atoms with E-state index in [0.29, 0.717) is 11.0 Å². The first-order valence-corrected chi connectivity index (χ1v) is 5.39. The third-order valence-corrected chi connectivity index (χ3v) is 2.98. The zero-order valence-corrected chi connectivity index (χ0v) is 9.84. The molecule has 0 radical (unpaired) electrons. The van der Waals surface area contributed by atoms with Crippen LogP contribution in [0.1, 0.15) is 30.9 Å². The van der Waals surface area contributed by atoms with Crippen molar-refractivity contribution in [3.63, 3.8) is 0 Å². The van der Waals surface area contributed by atoms with Crippen molar-refractivity contribution in [2.75, 3.05) is 0 Å². The average Bonchev–Trinajstić information content (AvgIpc) is 2.73. The van der Waals surface area contributed by atoms with Crippen LogP contribution < -0.4 is 0 Å². The minimum atomic E-state index is -4.43. The van der Waals surface area contributed by atoms with E-state index in [1.54, 1.807) is 6.92 Å². The van der Waals surface area contributed by atoms with Crippen molar-refractivity contribution < 1.29 is 22.4 Å². The van der Waals surface area contributed by atoms with Gasteiger partial charge in [-0.15, -0.1) is 0 Å². The predicted octanol–water partition coefficient (Wildman–Crippen LogP) is 4.14. The van der Waals surface area contributed by atoms with Gasteiger partial charge in [0.15, 0.2) is 0 Å². The molecule has 0 saturated heterocycles. The highest BCUT2D eigenvalue weighted by Gasteiger charge is 2.32. The second-order valence-corrected chi connectivity index (χ2v) is 4.23. The number of carbonyl (C=O) groups is 1. The second kappa shape index (κ2) is 4.15. The highest BCUT2D eigenvalue weighted by molar-refractivity contribution is 5.90.